The highest BCUT2D eigenvalue weighted by molar-refractivity contribution is 7.25. The molecule has 0 spiro atoms. The number of aromatic nitrogens is 4. The first kappa shape index (κ1) is 25.5. The summed E-state index contributed by atoms with van der Waals surface area (Å²) in [4.78, 5) is 18.9. The molecule has 0 radical (unpaired) electrons. The lowest BCUT2D eigenvalue weighted by Gasteiger charge is -2.10. The molecule has 7 nitrogen and oxygen atoms in total. The molecule has 0 N–H and O–H groups in total. The van der Waals surface area contributed by atoms with Crippen molar-refractivity contribution in [3.8, 4) is 28.1 Å². The zero-order valence-electron chi connectivity index (χ0n) is 22.3. The molecule has 42 heavy (non-hydrogen) atoms. The number of hydrogen-bond donors (Lipinski definition) is 0. The van der Waals surface area contributed by atoms with Crippen LogP contribution < -0.4 is 10.3 Å². The monoisotopic (exact) mass is 565 g/mol. The van der Waals surface area contributed by atoms with Gasteiger partial charge in [0.15, 0.2) is 0 Å². The lowest BCUT2D eigenvalue weighted by molar-refractivity contribution is 0.306. The van der Waals surface area contributed by atoms with Crippen molar-refractivity contribution in [3.05, 3.63) is 143 Å². The summed E-state index contributed by atoms with van der Waals surface area (Å²) in [6, 6.07) is 37.5. The Morgan fingerprint density at radius 1 is 0.786 bits per heavy atom. The molecule has 4 aromatic carbocycles. The van der Waals surface area contributed by atoms with Gasteiger partial charge in [-0.1, -0.05) is 91.0 Å². The second-order valence-electron chi connectivity index (χ2n) is 9.60. The molecule has 0 atom stereocenters. The van der Waals surface area contributed by atoms with Crippen LogP contribution in [0.1, 0.15) is 11.1 Å². The number of benzene rings is 4. The van der Waals surface area contributed by atoms with E-state index in [-0.39, 0.29) is 5.56 Å². The smallest absolute Gasteiger partial charge is 0.291 e. The molecule has 8 heteroatoms. The van der Waals surface area contributed by atoms with Gasteiger partial charge in [-0.25, -0.2) is 4.98 Å². The van der Waals surface area contributed by atoms with Gasteiger partial charge in [0.05, 0.1) is 11.7 Å². The van der Waals surface area contributed by atoms with Gasteiger partial charge in [0.25, 0.3) is 5.56 Å². The Hall–Kier alpha value is -5.47. The van der Waals surface area contributed by atoms with Crippen molar-refractivity contribution in [1.82, 2.24) is 19.9 Å². The molecular formula is C34H23N5O2S. The summed E-state index contributed by atoms with van der Waals surface area (Å²) in [7, 11) is 0. The van der Waals surface area contributed by atoms with E-state index in [2.05, 4.69) is 15.3 Å². The van der Waals surface area contributed by atoms with E-state index < -0.39 is 0 Å². The van der Waals surface area contributed by atoms with Gasteiger partial charge < -0.3 is 4.74 Å². The molecule has 3 heterocycles. The maximum Gasteiger partial charge on any atom is 0.291 e. The third-order valence-electron chi connectivity index (χ3n) is 6.86. The predicted molar refractivity (Wildman–Crippen MR) is 168 cm³/mol. The van der Waals surface area contributed by atoms with Crippen molar-refractivity contribution in [2.24, 2.45) is 5.10 Å². The maximum absolute atomic E-state index is 13.5. The van der Waals surface area contributed by atoms with Crippen molar-refractivity contribution < 1.29 is 4.74 Å². The van der Waals surface area contributed by atoms with E-state index in [1.807, 2.05) is 115 Å². The van der Waals surface area contributed by atoms with Crippen LogP contribution >= 0.6 is 11.3 Å². The largest absolute Gasteiger partial charge is 0.489 e. The normalized spacial score (nSPS) is 11.4. The summed E-state index contributed by atoms with van der Waals surface area (Å²) >= 11 is 1.28. The summed E-state index contributed by atoms with van der Waals surface area (Å²) in [6.45, 7) is 0.494. The molecule has 0 saturated heterocycles. The molecule has 0 aliphatic heterocycles. The fourth-order valence-electron chi connectivity index (χ4n) is 4.79. The van der Waals surface area contributed by atoms with E-state index in [4.69, 9.17) is 9.72 Å². The van der Waals surface area contributed by atoms with E-state index >= 15 is 0 Å². The molecular weight excluding hydrogens is 542 g/mol. The quantitative estimate of drug-likeness (QED) is 0.191. The van der Waals surface area contributed by atoms with Crippen LogP contribution in [0.5, 0.6) is 5.75 Å². The van der Waals surface area contributed by atoms with E-state index in [0.717, 1.165) is 44.6 Å². The topological polar surface area (TPSA) is 82.3 Å². The Morgan fingerprint density at radius 3 is 2.17 bits per heavy atom. The highest BCUT2D eigenvalue weighted by atomic mass is 32.1. The average Bonchev–Trinajstić information content (AvgIpc) is 3.44. The standard InChI is InChI=1S/C34H23N5O2S/c40-34-32-31(35-22-39(34)36-20-23-16-18-27(19-17-23)41-21-24-10-4-1-5-11-24)29-28(25-12-6-2-7-13-25)30(37-38-33(29)42-32)26-14-8-3-9-15-26/h1-20,22H,21H2/b36-20+. The molecule has 0 aliphatic rings. The van der Waals surface area contributed by atoms with Crippen molar-refractivity contribution in [3.63, 3.8) is 0 Å². The van der Waals surface area contributed by atoms with Gasteiger partial charge in [-0.2, -0.15) is 9.78 Å². The van der Waals surface area contributed by atoms with Crippen LogP contribution in [0, 0.1) is 0 Å². The number of thiophene rings is 1. The number of rotatable bonds is 7. The fraction of sp³-hybridized carbons (Fsp3) is 0.0294. The van der Waals surface area contributed by atoms with Crippen molar-refractivity contribution in [1.29, 1.82) is 0 Å². The number of hydrogen-bond acceptors (Lipinski definition) is 7. The Bertz CT molecular complexity index is 2090. The van der Waals surface area contributed by atoms with Gasteiger partial charge in [-0.15, -0.1) is 21.5 Å². The van der Waals surface area contributed by atoms with Crippen LogP contribution in [0.25, 0.3) is 42.8 Å². The minimum absolute atomic E-state index is 0.262. The predicted octanol–water partition coefficient (Wildman–Crippen LogP) is 7.20. The summed E-state index contributed by atoms with van der Waals surface area (Å²) in [5.41, 5.74) is 5.84. The Kier molecular flexibility index (Phi) is 6.79. The first-order chi connectivity index (χ1) is 20.7. The SMILES string of the molecule is O=c1c2sc3nnc(-c4ccccc4)c(-c4ccccc4)c3c2ncn1/N=C/c1ccc(OCc2ccccc2)cc1. The first-order valence-corrected chi connectivity index (χ1v) is 14.2. The molecule has 202 valence electrons. The van der Waals surface area contributed by atoms with E-state index in [0.29, 0.717) is 21.7 Å². The third kappa shape index (κ3) is 4.95. The first-order valence-electron chi connectivity index (χ1n) is 13.4. The van der Waals surface area contributed by atoms with Gasteiger partial charge in [0, 0.05) is 16.5 Å². The van der Waals surface area contributed by atoms with Crippen LogP contribution in [0.4, 0.5) is 0 Å². The summed E-state index contributed by atoms with van der Waals surface area (Å²) < 4.78 is 7.60. The van der Waals surface area contributed by atoms with Gasteiger partial charge in [0.1, 0.15) is 33.9 Å². The fourth-order valence-corrected chi connectivity index (χ4v) is 5.80. The van der Waals surface area contributed by atoms with Crippen molar-refractivity contribution >= 4 is 38.0 Å². The molecule has 0 fully saturated rings. The Balaban J connectivity index is 1.24. The minimum Gasteiger partial charge on any atom is -0.489 e. The van der Waals surface area contributed by atoms with Crippen LogP contribution in [-0.4, -0.2) is 26.1 Å². The van der Waals surface area contributed by atoms with Crippen LogP contribution in [0.15, 0.2) is 131 Å². The van der Waals surface area contributed by atoms with Gasteiger partial charge in [-0.05, 0) is 41.0 Å². The van der Waals surface area contributed by atoms with Crippen molar-refractivity contribution in [2.75, 3.05) is 0 Å². The third-order valence-corrected chi connectivity index (χ3v) is 7.91. The summed E-state index contributed by atoms with van der Waals surface area (Å²) in [6.07, 6.45) is 3.09. The molecule has 0 amide bonds. The molecule has 0 unspecified atom stereocenters. The van der Waals surface area contributed by atoms with Crippen LogP contribution in [0.3, 0.4) is 0 Å². The highest BCUT2D eigenvalue weighted by Crippen LogP contribution is 2.41. The van der Waals surface area contributed by atoms with Crippen LogP contribution in [-0.2, 0) is 6.61 Å². The van der Waals surface area contributed by atoms with Crippen LogP contribution in [0.2, 0.25) is 0 Å². The molecule has 0 aliphatic carbocycles. The lowest BCUT2D eigenvalue weighted by atomic mass is 9.97. The van der Waals surface area contributed by atoms with Gasteiger partial charge in [0.2, 0.25) is 0 Å². The minimum atomic E-state index is -0.262. The Morgan fingerprint density at radius 2 is 1.45 bits per heavy atom. The lowest BCUT2D eigenvalue weighted by Crippen LogP contribution is -2.15. The summed E-state index contributed by atoms with van der Waals surface area (Å²) in [5, 5.41) is 14.3. The molecule has 7 rings (SSSR count). The van der Waals surface area contributed by atoms with Gasteiger partial charge in [-0.3, -0.25) is 4.79 Å². The maximum atomic E-state index is 13.5. The van der Waals surface area contributed by atoms with E-state index in [9.17, 15) is 4.79 Å². The van der Waals surface area contributed by atoms with E-state index in [1.54, 1.807) is 6.21 Å². The molecule has 3 aromatic heterocycles. The molecule has 0 bridgehead atoms. The second kappa shape index (κ2) is 11.2. The summed E-state index contributed by atoms with van der Waals surface area (Å²) in [5.74, 6) is 0.756. The van der Waals surface area contributed by atoms with Gasteiger partial charge >= 0.3 is 0 Å². The number of fused-ring (bicyclic) bond motifs is 3. The molecule has 0 saturated carbocycles. The highest BCUT2D eigenvalue weighted by Gasteiger charge is 2.21. The number of nitrogens with zero attached hydrogens (tertiary/aromatic N) is 5. The Labute approximate surface area is 245 Å². The number of ether oxygens (including phenoxy) is 1. The zero-order valence-corrected chi connectivity index (χ0v) is 23.1. The second-order valence-corrected chi connectivity index (χ2v) is 10.6. The molecule has 7 aromatic rings. The van der Waals surface area contributed by atoms with E-state index in [1.165, 1.54) is 22.3 Å². The average molecular weight is 566 g/mol. The van der Waals surface area contributed by atoms with Crippen molar-refractivity contribution in [2.45, 2.75) is 6.61 Å². The zero-order chi connectivity index (χ0) is 28.3.